The van der Waals surface area contributed by atoms with Gasteiger partial charge in [-0.1, -0.05) is 60.6 Å². The number of hydrogen-bond acceptors (Lipinski definition) is 0. The van der Waals surface area contributed by atoms with Crippen LogP contribution in [0.4, 0.5) is 0 Å². The van der Waals surface area contributed by atoms with Gasteiger partial charge < -0.3 is 49.6 Å². The molecule has 5 rings (SSSR count). The van der Waals surface area contributed by atoms with Crippen molar-refractivity contribution in [3.8, 4) is 22.3 Å². The van der Waals surface area contributed by atoms with Gasteiger partial charge in [-0.3, -0.25) is 0 Å². The van der Waals surface area contributed by atoms with Crippen molar-refractivity contribution < 1.29 is 102 Å². The molecule has 0 atom stereocenters. The molecule has 0 heterocycles. The van der Waals surface area contributed by atoms with Gasteiger partial charge in [-0.25, -0.2) is 12.1 Å². The molecule has 4 aromatic rings. The molecule has 0 N–H and O–H groups in total. The molecule has 0 aromatic heterocycles. The monoisotopic (exact) mass is 673 g/mol. The Morgan fingerprint density at radius 1 is 0.719 bits per heavy atom. The van der Waals surface area contributed by atoms with Crippen molar-refractivity contribution in [2.45, 2.75) is 19.5 Å². The minimum atomic E-state index is 0. The van der Waals surface area contributed by atoms with E-state index in [1.165, 1.54) is 33.4 Å². The molecule has 4 aromatic carbocycles. The summed E-state index contributed by atoms with van der Waals surface area (Å²) in [6.07, 6.45) is 1.06. The second-order valence-electron chi connectivity index (χ2n) is 6.38. The first-order valence-electron chi connectivity index (χ1n) is 9.18. The summed E-state index contributed by atoms with van der Waals surface area (Å²) in [7, 11) is 0.750. The topological polar surface area (TPSA) is 0 Å². The summed E-state index contributed by atoms with van der Waals surface area (Å²) < 4.78 is 0. The SMILES string of the molecule is C[SiH]C.[Cl-].[Cl-].[Cl-].[Cl-].[Zr+3].[Zr+4].c1cc[cH-]c1.c1ccc2c(c1)Cc1c-2cccc1-[c-]1cccc1. The van der Waals surface area contributed by atoms with Gasteiger partial charge >= 0.3 is 52.4 Å². The van der Waals surface area contributed by atoms with Crippen molar-refractivity contribution >= 4 is 9.52 Å². The van der Waals surface area contributed by atoms with Crippen LogP contribution in [-0.4, -0.2) is 9.52 Å². The van der Waals surface area contributed by atoms with E-state index in [-0.39, 0.29) is 102 Å². The van der Waals surface area contributed by atoms with Crippen molar-refractivity contribution in [1.82, 2.24) is 0 Å². The normalized spacial score (nSPS) is 8.69. The van der Waals surface area contributed by atoms with Crippen LogP contribution in [0.25, 0.3) is 22.3 Å². The van der Waals surface area contributed by atoms with E-state index in [4.69, 9.17) is 0 Å². The first-order valence-corrected chi connectivity index (χ1v) is 11.5. The molecule has 2 radical (unpaired) electrons. The van der Waals surface area contributed by atoms with Crippen LogP contribution >= 0.6 is 0 Å². The van der Waals surface area contributed by atoms with Crippen LogP contribution in [0.5, 0.6) is 0 Å². The fourth-order valence-electron chi connectivity index (χ4n) is 3.30. The predicted molar refractivity (Wildman–Crippen MR) is 117 cm³/mol. The average molecular weight is 678 g/mol. The van der Waals surface area contributed by atoms with Crippen LogP contribution in [-0.2, 0) is 58.8 Å². The molecular formula is C25H25Cl4SiZr2+. The third kappa shape index (κ3) is 10.7. The quantitative estimate of drug-likeness (QED) is 0.123. The first-order chi connectivity index (χ1) is 12.8. The number of fused-ring (bicyclic) bond motifs is 3. The number of halogens is 4. The van der Waals surface area contributed by atoms with Crippen LogP contribution in [0.2, 0.25) is 13.1 Å². The molecular weight excluding hydrogens is 653 g/mol. The molecule has 0 saturated carbocycles. The van der Waals surface area contributed by atoms with E-state index in [1.807, 2.05) is 30.3 Å². The van der Waals surface area contributed by atoms with Gasteiger partial charge in [0.05, 0.1) is 0 Å². The van der Waals surface area contributed by atoms with E-state index >= 15 is 0 Å². The van der Waals surface area contributed by atoms with Gasteiger partial charge in [-0.2, -0.15) is 30.3 Å². The summed E-state index contributed by atoms with van der Waals surface area (Å²) >= 11 is 0. The number of hydrogen-bond donors (Lipinski definition) is 0. The van der Waals surface area contributed by atoms with E-state index in [0.29, 0.717) is 0 Å². The van der Waals surface area contributed by atoms with E-state index in [9.17, 15) is 0 Å². The van der Waals surface area contributed by atoms with Crippen LogP contribution < -0.4 is 49.6 Å². The van der Waals surface area contributed by atoms with Crippen LogP contribution in [0, 0.1) is 0 Å². The summed E-state index contributed by atoms with van der Waals surface area (Å²) in [5.74, 6) is 0. The van der Waals surface area contributed by atoms with E-state index in [2.05, 4.69) is 79.8 Å². The molecule has 32 heavy (non-hydrogen) atoms. The molecule has 0 unspecified atom stereocenters. The second-order valence-corrected chi connectivity index (χ2v) is 7.53. The van der Waals surface area contributed by atoms with Gasteiger partial charge in [0.2, 0.25) is 0 Å². The van der Waals surface area contributed by atoms with Gasteiger partial charge in [0.15, 0.2) is 0 Å². The fraction of sp³-hybridized carbons (Fsp3) is 0.120. The van der Waals surface area contributed by atoms with Gasteiger partial charge in [0.1, 0.15) is 0 Å². The Labute approximate surface area is 258 Å². The molecule has 0 spiro atoms. The van der Waals surface area contributed by atoms with Crippen molar-refractivity contribution in [1.29, 1.82) is 0 Å². The molecule has 0 nitrogen and oxygen atoms in total. The Balaban J connectivity index is -0.000000246. The summed E-state index contributed by atoms with van der Waals surface area (Å²) in [5.41, 5.74) is 8.45. The zero-order chi connectivity index (χ0) is 18.2. The van der Waals surface area contributed by atoms with Gasteiger partial charge in [-0.15, -0.1) is 23.8 Å². The third-order valence-electron chi connectivity index (χ3n) is 4.38. The Morgan fingerprint density at radius 2 is 1.25 bits per heavy atom. The van der Waals surface area contributed by atoms with Gasteiger partial charge in [-0.05, 0) is 23.1 Å². The molecule has 0 amide bonds. The molecule has 0 bridgehead atoms. The minimum absolute atomic E-state index is 0. The number of rotatable bonds is 1. The second kappa shape index (κ2) is 21.8. The third-order valence-corrected chi connectivity index (χ3v) is 4.38. The van der Waals surface area contributed by atoms with E-state index in [0.717, 1.165) is 15.9 Å². The molecule has 1 aliphatic rings. The standard InChI is InChI=1S/C18H13.C5H5.C2H7Si.4ClH.2Zr/c1-2-7-13(6-1)15-10-5-11-17-16-9-4-3-8-14(16)12-18(15)17;1-2-4-5-3-1;1-3-2;;;;;;/h1-11H,12H2;1-5H;3H,1-2H3;4*1H;;/q2*-1;;;;;;+3;+4/p-4. The zero-order valence-electron chi connectivity index (χ0n) is 18.0. The van der Waals surface area contributed by atoms with Crippen molar-refractivity contribution in [3.05, 3.63) is 108 Å². The molecule has 0 aliphatic heterocycles. The van der Waals surface area contributed by atoms with Crippen molar-refractivity contribution in [2.75, 3.05) is 0 Å². The largest absolute Gasteiger partial charge is 4.00 e. The van der Waals surface area contributed by atoms with Crippen molar-refractivity contribution in [3.63, 3.8) is 0 Å². The van der Waals surface area contributed by atoms with Gasteiger partial charge in [0.25, 0.3) is 0 Å². The Hall–Kier alpha value is 0.283. The zero-order valence-corrected chi connectivity index (χ0v) is 27.1. The molecule has 164 valence electrons. The first kappa shape index (κ1) is 39.5. The molecule has 0 saturated heterocycles. The minimum Gasteiger partial charge on any atom is -1.00 e. The van der Waals surface area contributed by atoms with E-state index < -0.39 is 0 Å². The average Bonchev–Trinajstić information content (AvgIpc) is 3.44. The van der Waals surface area contributed by atoms with E-state index in [1.54, 1.807) is 0 Å². The summed E-state index contributed by atoms with van der Waals surface area (Å²) in [6.45, 7) is 4.42. The molecule has 0 fully saturated rings. The van der Waals surface area contributed by atoms with Crippen LogP contribution in [0.1, 0.15) is 11.1 Å². The van der Waals surface area contributed by atoms with Crippen molar-refractivity contribution in [2.24, 2.45) is 0 Å². The summed E-state index contributed by atoms with van der Waals surface area (Å²) in [6, 6.07) is 34.0. The fourth-order valence-corrected chi connectivity index (χ4v) is 3.30. The van der Waals surface area contributed by atoms with Crippen LogP contribution in [0.3, 0.4) is 0 Å². The predicted octanol–water partition coefficient (Wildman–Crippen LogP) is -5.42. The molecule has 1 aliphatic carbocycles. The number of benzene rings is 2. The summed E-state index contributed by atoms with van der Waals surface area (Å²) in [4.78, 5) is 0. The maximum Gasteiger partial charge on any atom is 4.00 e. The Morgan fingerprint density at radius 3 is 1.78 bits per heavy atom. The smallest absolute Gasteiger partial charge is 1.00 e. The molecule has 7 heteroatoms. The maximum absolute atomic E-state index is 2.24. The summed E-state index contributed by atoms with van der Waals surface area (Å²) in [5, 5.41) is 0. The Bertz CT molecular complexity index is 910. The maximum atomic E-state index is 2.24. The van der Waals surface area contributed by atoms with Crippen LogP contribution in [0.15, 0.2) is 97.1 Å². The Kier molecular flexibility index (Phi) is 26.9. The van der Waals surface area contributed by atoms with Gasteiger partial charge in [0, 0.05) is 9.52 Å².